The predicted octanol–water partition coefficient (Wildman–Crippen LogP) is 3.71. The van der Waals surface area contributed by atoms with E-state index in [-0.39, 0.29) is 6.04 Å². The van der Waals surface area contributed by atoms with Gasteiger partial charge in [-0.2, -0.15) is 13.2 Å². The molecule has 1 aliphatic rings. The number of hydrogen-bond donors (Lipinski definition) is 2. The van der Waals surface area contributed by atoms with Crippen molar-refractivity contribution in [3.8, 4) is 0 Å². The predicted molar refractivity (Wildman–Crippen MR) is 115 cm³/mol. The lowest BCUT2D eigenvalue weighted by Gasteiger charge is -2.19. The maximum absolute atomic E-state index is 12.7. The minimum absolute atomic E-state index is 0.261. The van der Waals surface area contributed by atoms with Crippen LogP contribution < -0.4 is 10.6 Å². The van der Waals surface area contributed by atoms with Gasteiger partial charge in [0.2, 0.25) is 0 Å². The van der Waals surface area contributed by atoms with Crippen LogP contribution in [-0.4, -0.2) is 48.6 Å². The number of thiazole rings is 1. The molecule has 0 spiro atoms. The van der Waals surface area contributed by atoms with Crippen molar-refractivity contribution in [3.63, 3.8) is 0 Å². The summed E-state index contributed by atoms with van der Waals surface area (Å²) < 4.78 is 38.1. The summed E-state index contributed by atoms with van der Waals surface area (Å²) in [5, 5.41) is 10.0. The Balaban J connectivity index is 1.41. The van der Waals surface area contributed by atoms with Crippen molar-refractivity contribution in [2.24, 2.45) is 4.99 Å². The quantitative estimate of drug-likeness (QED) is 0.510. The number of nitrogens with zero attached hydrogens (tertiary/aromatic N) is 3. The van der Waals surface area contributed by atoms with Gasteiger partial charge in [-0.05, 0) is 30.5 Å². The van der Waals surface area contributed by atoms with Crippen LogP contribution >= 0.6 is 11.3 Å². The van der Waals surface area contributed by atoms with E-state index in [1.165, 1.54) is 0 Å². The molecule has 0 aliphatic carbocycles. The summed E-state index contributed by atoms with van der Waals surface area (Å²) in [6.07, 6.45) is -1.51. The van der Waals surface area contributed by atoms with Crippen LogP contribution in [-0.2, 0) is 25.6 Å². The Morgan fingerprint density at radius 3 is 2.70 bits per heavy atom. The van der Waals surface area contributed by atoms with E-state index >= 15 is 0 Å². The van der Waals surface area contributed by atoms with Gasteiger partial charge in [-0.15, -0.1) is 11.3 Å². The molecule has 0 amide bonds. The molecular formula is C21H28F3N5S. The Morgan fingerprint density at radius 2 is 2.07 bits per heavy atom. The second-order valence-electron chi connectivity index (χ2n) is 7.39. The molecule has 1 aromatic carbocycles. The molecule has 1 atom stereocenters. The molecule has 1 aliphatic heterocycles. The molecule has 1 saturated heterocycles. The molecule has 2 aromatic rings. The van der Waals surface area contributed by atoms with E-state index in [1.807, 2.05) is 0 Å². The molecule has 2 heterocycles. The average molecular weight is 440 g/mol. The van der Waals surface area contributed by atoms with Crippen molar-refractivity contribution < 1.29 is 13.2 Å². The third-order valence-electron chi connectivity index (χ3n) is 5.10. The lowest BCUT2D eigenvalue weighted by Crippen LogP contribution is -2.45. The number of aryl methyl sites for hydroxylation is 1. The highest BCUT2D eigenvalue weighted by Crippen LogP contribution is 2.29. The van der Waals surface area contributed by atoms with Gasteiger partial charge in [0, 0.05) is 51.1 Å². The van der Waals surface area contributed by atoms with Crippen molar-refractivity contribution in [2.45, 2.75) is 44.9 Å². The second kappa shape index (κ2) is 10.3. The van der Waals surface area contributed by atoms with E-state index in [1.54, 1.807) is 30.5 Å². The van der Waals surface area contributed by atoms with Crippen LogP contribution in [0.25, 0.3) is 0 Å². The van der Waals surface area contributed by atoms with E-state index in [4.69, 9.17) is 0 Å². The van der Waals surface area contributed by atoms with Crippen LogP contribution in [0.5, 0.6) is 0 Å². The average Bonchev–Trinajstić information content (AvgIpc) is 3.36. The van der Waals surface area contributed by atoms with Gasteiger partial charge in [-0.25, -0.2) is 4.98 Å². The smallest absolute Gasteiger partial charge is 0.356 e. The summed E-state index contributed by atoms with van der Waals surface area (Å²) in [5.41, 5.74) is 1.38. The standard InChI is InChI=1S/C21H28F3N5S/c1-3-19-27-18(14-30-19)8-10-26-20(25-2)28-17-9-11-29(13-17)12-15-4-6-16(7-5-15)21(22,23)24/h4-7,14,17H,3,8-13H2,1-2H3,(H2,25,26,28). The Labute approximate surface area is 179 Å². The first-order chi connectivity index (χ1) is 14.4. The molecule has 0 saturated carbocycles. The lowest BCUT2D eigenvalue weighted by molar-refractivity contribution is -0.137. The molecule has 1 fully saturated rings. The normalized spacial score (nSPS) is 18.0. The zero-order valence-corrected chi connectivity index (χ0v) is 18.1. The zero-order valence-electron chi connectivity index (χ0n) is 17.3. The number of nitrogens with one attached hydrogen (secondary N) is 2. The maximum Gasteiger partial charge on any atom is 0.416 e. The van der Waals surface area contributed by atoms with E-state index in [0.717, 1.165) is 73.3 Å². The first kappa shape index (κ1) is 22.6. The molecule has 0 bridgehead atoms. The van der Waals surface area contributed by atoms with Gasteiger partial charge in [-0.1, -0.05) is 19.1 Å². The summed E-state index contributed by atoms with van der Waals surface area (Å²) in [6, 6.07) is 5.69. The molecule has 1 aromatic heterocycles. The van der Waals surface area contributed by atoms with Gasteiger partial charge in [0.15, 0.2) is 5.96 Å². The minimum Gasteiger partial charge on any atom is -0.356 e. The molecule has 1 unspecified atom stereocenters. The van der Waals surface area contributed by atoms with Crippen molar-refractivity contribution in [1.29, 1.82) is 0 Å². The Morgan fingerprint density at radius 1 is 1.30 bits per heavy atom. The topological polar surface area (TPSA) is 52.6 Å². The molecule has 164 valence electrons. The van der Waals surface area contributed by atoms with Crippen LogP contribution in [0.4, 0.5) is 13.2 Å². The van der Waals surface area contributed by atoms with Crippen LogP contribution in [0.1, 0.15) is 35.2 Å². The molecule has 2 N–H and O–H groups in total. The van der Waals surface area contributed by atoms with Crippen LogP contribution in [0.2, 0.25) is 0 Å². The first-order valence-corrected chi connectivity index (χ1v) is 11.0. The van der Waals surface area contributed by atoms with Crippen LogP contribution in [0, 0.1) is 0 Å². The van der Waals surface area contributed by atoms with Crippen LogP contribution in [0.15, 0.2) is 34.6 Å². The van der Waals surface area contributed by atoms with E-state index in [0.29, 0.717) is 6.54 Å². The summed E-state index contributed by atoms with van der Waals surface area (Å²) >= 11 is 1.70. The molecule has 5 nitrogen and oxygen atoms in total. The highest BCUT2D eigenvalue weighted by atomic mass is 32.1. The number of rotatable bonds is 7. The Kier molecular flexibility index (Phi) is 7.71. The highest BCUT2D eigenvalue weighted by Gasteiger charge is 2.30. The Hall–Kier alpha value is -2.13. The number of alkyl halides is 3. The monoisotopic (exact) mass is 439 g/mol. The summed E-state index contributed by atoms with van der Waals surface area (Å²) in [4.78, 5) is 11.1. The highest BCUT2D eigenvalue weighted by molar-refractivity contribution is 7.09. The fraction of sp³-hybridized carbons (Fsp3) is 0.524. The van der Waals surface area contributed by atoms with Crippen LogP contribution in [0.3, 0.4) is 0 Å². The van der Waals surface area contributed by atoms with E-state index in [9.17, 15) is 13.2 Å². The van der Waals surface area contributed by atoms with E-state index in [2.05, 4.69) is 37.8 Å². The SMILES string of the molecule is CCc1nc(CCNC(=NC)NC2CCN(Cc3ccc(C(F)(F)F)cc3)C2)cs1. The second-order valence-corrected chi connectivity index (χ2v) is 8.34. The summed E-state index contributed by atoms with van der Waals surface area (Å²) in [6.45, 7) is 5.23. The van der Waals surface area contributed by atoms with Crippen molar-refractivity contribution >= 4 is 17.3 Å². The maximum atomic E-state index is 12.7. The van der Waals surface area contributed by atoms with Gasteiger partial charge in [0.1, 0.15) is 0 Å². The number of halogens is 3. The fourth-order valence-electron chi connectivity index (χ4n) is 3.47. The van der Waals surface area contributed by atoms with Gasteiger partial charge < -0.3 is 10.6 Å². The number of benzene rings is 1. The lowest BCUT2D eigenvalue weighted by atomic mass is 10.1. The Bertz CT molecular complexity index is 832. The third-order valence-corrected chi connectivity index (χ3v) is 6.14. The third kappa shape index (κ3) is 6.43. The number of aromatic nitrogens is 1. The number of hydrogen-bond acceptors (Lipinski definition) is 4. The molecule has 0 radical (unpaired) electrons. The van der Waals surface area contributed by atoms with Crippen molar-refractivity contribution in [1.82, 2.24) is 20.5 Å². The number of aliphatic imine (C=N–C) groups is 1. The zero-order chi connectivity index (χ0) is 21.6. The molecule has 9 heteroatoms. The van der Waals surface area contributed by atoms with Gasteiger partial charge >= 0.3 is 6.18 Å². The van der Waals surface area contributed by atoms with E-state index < -0.39 is 11.7 Å². The fourth-order valence-corrected chi connectivity index (χ4v) is 4.25. The van der Waals surface area contributed by atoms with Gasteiger partial charge in [0.25, 0.3) is 0 Å². The molecular weight excluding hydrogens is 411 g/mol. The summed E-state index contributed by atoms with van der Waals surface area (Å²) in [5.74, 6) is 0.766. The van der Waals surface area contributed by atoms with Gasteiger partial charge in [-0.3, -0.25) is 9.89 Å². The molecule has 30 heavy (non-hydrogen) atoms. The number of guanidine groups is 1. The minimum atomic E-state index is -4.29. The van der Waals surface area contributed by atoms with Crippen molar-refractivity contribution in [2.75, 3.05) is 26.7 Å². The summed E-state index contributed by atoms with van der Waals surface area (Å²) in [7, 11) is 1.75. The first-order valence-electron chi connectivity index (χ1n) is 10.2. The van der Waals surface area contributed by atoms with Crippen molar-refractivity contribution in [3.05, 3.63) is 51.5 Å². The molecule has 3 rings (SSSR count). The largest absolute Gasteiger partial charge is 0.416 e. The van der Waals surface area contributed by atoms with Gasteiger partial charge in [0.05, 0.1) is 16.3 Å². The number of likely N-dealkylation sites (tertiary alicyclic amines) is 1.